The van der Waals surface area contributed by atoms with Crippen molar-refractivity contribution in [1.29, 1.82) is 0 Å². The van der Waals surface area contributed by atoms with Gasteiger partial charge in [0.15, 0.2) is 6.10 Å². The number of primary amides is 1. The second kappa shape index (κ2) is 18.9. The number of rotatable bonds is 9. The summed E-state index contributed by atoms with van der Waals surface area (Å²) >= 11 is 0. The molecule has 1 aliphatic carbocycles. The fourth-order valence-corrected chi connectivity index (χ4v) is 5.57. The van der Waals surface area contributed by atoms with Crippen LogP contribution in [0.5, 0.6) is 0 Å². The van der Waals surface area contributed by atoms with Crippen LogP contribution in [0.1, 0.15) is 40.5 Å². The van der Waals surface area contributed by atoms with E-state index >= 15 is 0 Å². The van der Waals surface area contributed by atoms with E-state index in [4.69, 9.17) is 24.7 Å². The number of ketones is 2. The molecule has 0 aromatic heterocycles. The van der Waals surface area contributed by atoms with Crippen molar-refractivity contribution in [2.24, 2.45) is 17.6 Å². The average Bonchev–Trinajstić information content (AvgIpc) is 3.00. The fourth-order valence-electron chi connectivity index (χ4n) is 5.57. The Hall–Kier alpha value is -4.33. The predicted octanol–water partition coefficient (Wildman–Crippen LogP) is 2.65. The number of nitrogens with two attached hydrogens (primary N) is 1. The van der Waals surface area contributed by atoms with E-state index in [-0.39, 0.29) is 48.0 Å². The summed E-state index contributed by atoms with van der Waals surface area (Å²) in [6.07, 6.45) is 5.32. The highest BCUT2D eigenvalue weighted by molar-refractivity contribution is 6.23. The maximum Gasteiger partial charge on any atom is 0.405 e. The van der Waals surface area contributed by atoms with Crippen LogP contribution in [0.2, 0.25) is 0 Å². The van der Waals surface area contributed by atoms with Crippen LogP contribution in [-0.2, 0) is 38.1 Å². The lowest BCUT2D eigenvalue weighted by molar-refractivity contribution is -0.161. The second-order valence-corrected chi connectivity index (χ2v) is 12.3. The number of esters is 1. The van der Waals surface area contributed by atoms with Crippen molar-refractivity contribution in [2.75, 3.05) is 41.4 Å². The second-order valence-electron chi connectivity index (χ2n) is 12.3. The molecule has 2 bridgehead atoms. The molecular weight excluding hydrogens is 620 g/mol. The minimum absolute atomic E-state index is 0.0253. The van der Waals surface area contributed by atoms with E-state index in [1.165, 1.54) is 20.3 Å². The Morgan fingerprint density at radius 2 is 1.81 bits per heavy atom. The summed E-state index contributed by atoms with van der Waals surface area (Å²) in [5, 5.41) is 5.56. The standard InChI is InChI=1S/C35H50N4O9/c1-10-14-37-30-24-15-20(2)16-28(46-9)33(47-29(41)19-39(6)7)23(5)17-22(4)32(48-35(36)44)27(45-8)13-11-12-21(3)34(43)38-25(31(24)42)18-26(30)40/h10-13,17-18,20,23,27-28,32-33,37H,1,14-16,19H2,2-9H3,(H2,36,44)(H,38,43)/b13-11-,21-12+,22-17+/t20-,23+,27-,28-,32+,33-/m1/s1. The number of hydrogen-bond donors (Lipinski definition) is 3. The molecular formula is C35H50N4O9. The number of likely N-dealkylation sites (N-methyl/N-ethyl adjacent to an activating group) is 1. The third kappa shape index (κ3) is 11.4. The zero-order valence-corrected chi connectivity index (χ0v) is 29.2. The number of methoxy groups -OCH3 is 2. The van der Waals surface area contributed by atoms with Crippen molar-refractivity contribution < 1.29 is 42.9 Å². The Morgan fingerprint density at radius 1 is 1.12 bits per heavy atom. The fraction of sp³-hybridized carbons (Fsp3) is 0.514. The number of amides is 2. The van der Waals surface area contributed by atoms with Gasteiger partial charge in [-0.15, -0.1) is 6.58 Å². The van der Waals surface area contributed by atoms with Crippen LogP contribution in [0.4, 0.5) is 4.79 Å². The molecule has 13 heteroatoms. The Bertz CT molecular complexity index is 1390. The first-order chi connectivity index (χ1) is 22.6. The minimum atomic E-state index is -1.02. The highest BCUT2D eigenvalue weighted by Crippen LogP contribution is 2.30. The molecule has 0 fully saturated rings. The summed E-state index contributed by atoms with van der Waals surface area (Å²) in [6, 6.07) is 0. The lowest BCUT2D eigenvalue weighted by atomic mass is 9.85. The van der Waals surface area contributed by atoms with E-state index in [0.29, 0.717) is 12.0 Å². The van der Waals surface area contributed by atoms with Gasteiger partial charge in [0.25, 0.3) is 5.91 Å². The normalized spacial score (nSPS) is 29.1. The van der Waals surface area contributed by atoms with E-state index in [1.54, 1.807) is 57.1 Å². The molecule has 0 unspecified atom stereocenters. The summed E-state index contributed by atoms with van der Waals surface area (Å²) in [7, 11) is 6.43. The number of carbonyl (C=O) groups excluding carboxylic acids is 5. The number of ether oxygens (including phenoxy) is 4. The maximum atomic E-state index is 13.8. The van der Waals surface area contributed by atoms with Crippen molar-refractivity contribution in [3.05, 3.63) is 71.1 Å². The number of Topliss-reactive ketones (excluding diaryl/α,β-unsaturated/α-hetero) is 1. The van der Waals surface area contributed by atoms with Gasteiger partial charge in [-0.25, -0.2) is 4.79 Å². The molecule has 264 valence electrons. The molecule has 2 aliphatic rings. The zero-order valence-electron chi connectivity index (χ0n) is 29.2. The lowest BCUT2D eigenvalue weighted by Crippen LogP contribution is -2.41. The molecule has 0 aromatic rings. The van der Waals surface area contributed by atoms with Crippen molar-refractivity contribution in [3.8, 4) is 0 Å². The smallest absolute Gasteiger partial charge is 0.405 e. The molecule has 0 saturated heterocycles. The molecule has 0 spiro atoms. The summed E-state index contributed by atoms with van der Waals surface area (Å²) in [4.78, 5) is 66.7. The summed E-state index contributed by atoms with van der Waals surface area (Å²) in [5.41, 5.74) is 6.41. The molecule has 48 heavy (non-hydrogen) atoms. The third-order valence-corrected chi connectivity index (χ3v) is 7.89. The number of nitrogens with one attached hydrogen (secondary N) is 2. The molecule has 0 aromatic carbocycles. The molecule has 1 aliphatic heterocycles. The van der Waals surface area contributed by atoms with E-state index < -0.39 is 59.9 Å². The zero-order chi connectivity index (χ0) is 36.1. The lowest BCUT2D eigenvalue weighted by Gasteiger charge is -2.33. The number of fused-ring (bicyclic) bond motifs is 2. The van der Waals surface area contributed by atoms with E-state index in [9.17, 15) is 24.0 Å². The van der Waals surface area contributed by atoms with Gasteiger partial charge in [-0.3, -0.25) is 24.1 Å². The van der Waals surface area contributed by atoms with Crippen LogP contribution >= 0.6 is 0 Å². The van der Waals surface area contributed by atoms with Gasteiger partial charge >= 0.3 is 12.1 Å². The monoisotopic (exact) mass is 670 g/mol. The topological polar surface area (TPSA) is 176 Å². The van der Waals surface area contributed by atoms with Crippen LogP contribution < -0.4 is 16.4 Å². The summed E-state index contributed by atoms with van der Waals surface area (Å²) < 4.78 is 23.0. The molecule has 1 heterocycles. The number of hydrogen-bond acceptors (Lipinski definition) is 11. The number of allylic oxidation sites excluding steroid dienone is 4. The Labute approximate surface area is 282 Å². The molecule has 4 N–H and O–H groups in total. The highest BCUT2D eigenvalue weighted by Gasteiger charge is 2.35. The van der Waals surface area contributed by atoms with Gasteiger partial charge in [-0.05, 0) is 52.3 Å². The van der Waals surface area contributed by atoms with Crippen LogP contribution in [-0.4, -0.2) is 100 Å². The Balaban J connectivity index is 2.74. The van der Waals surface area contributed by atoms with Gasteiger partial charge in [0, 0.05) is 43.9 Å². The van der Waals surface area contributed by atoms with Crippen molar-refractivity contribution >= 4 is 29.5 Å². The van der Waals surface area contributed by atoms with Gasteiger partial charge < -0.3 is 35.3 Å². The first-order valence-electron chi connectivity index (χ1n) is 15.7. The third-order valence-electron chi connectivity index (χ3n) is 7.89. The molecule has 0 radical (unpaired) electrons. The van der Waals surface area contributed by atoms with Crippen molar-refractivity contribution in [3.63, 3.8) is 0 Å². The van der Waals surface area contributed by atoms with Crippen LogP contribution in [0.15, 0.2) is 71.1 Å². The Morgan fingerprint density at radius 3 is 2.40 bits per heavy atom. The van der Waals surface area contributed by atoms with E-state index in [0.717, 1.165) is 6.08 Å². The highest BCUT2D eigenvalue weighted by atomic mass is 16.6. The van der Waals surface area contributed by atoms with Gasteiger partial charge in [0.05, 0.1) is 24.0 Å². The molecule has 2 amide bonds. The minimum Gasteiger partial charge on any atom is -0.458 e. The molecule has 0 saturated carbocycles. The number of nitrogens with zero attached hydrogens (tertiary/aromatic N) is 1. The first-order valence-corrected chi connectivity index (χ1v) is 15.7. The van der Waals surface area contributed by atoms with Crippen LogP contribution in [0.3, 0.4) is 0 Å². The predicted molar refractivity (Wildman–Crippen MR) is 180 cm³/mol. The quantitative estimate of drug-likeness (QED) is 0.187. The average molecular weight is 671 g/mol. The van der Waals surface area contributed by atoms with Gasteiger partial charge in [-0.1, -0.05) is 44.2 Å². The molecule has 2 rings (SSSR count). The van der Waals surface area contributed by atoms with Crippen LogP contribution in [0.25, 0.3) is 0 Å². The largest absolute Gasteiger partial charge is 0.458 e. The Kier molecular flexibility index (Phi) is 15.7. The van der Waals surface area contributed by atoms with Crippen molar-refractivity contribution in [2.45, 2.75) is 65.0 Å². The van der Waals surface area contributed by atoms with Crippen LogP contribution in [0, 0.1) is 11.8 Å². The summed E-state index contributed by atoms with van der Waals surface area (Å²) in [6.45, 7) is 11.0. The van der Waals surface area contributed by atoms with Gasteiger partial charge in [-0.2, -0.15) is 0 Å². The van der Waals surface area contributed by atoms with Gasteiger partial charge in [0.1, 0.15) is 12.2 Å². The molecule has 6 atom stereocenters. The molecule has 13 nitrogen and oxygen atoms in total. The maximum absolute atomic E-state index is 13.8. The first kappa shape index (κ1) is 39.8. The van der Waals surface area contributed by atoms with Gasteiger partial charge in [0.2, 0.25) is 11.6 Å². The van der Waals surface area contributed by atoms with E-state index in [2.05, 4.69) is 17.2 Å². The summed E-state index contributed by atoms with van der Waals surface area (Å²) in [5.74, 6) is -2.75. The SMILES string of the molecule is C=CCNC1=C2C[C@@H](C)C[C@@H](OC)[C@H](OC(=O)CN(C)C)[C@@H](C)/C=C(\C)[C@H](OC(N)=O)[C@H](OC)/C=C\C=C(/C)C(=O)NC(=CC1=O)C2=O. The van der Waals surface area contributed by atoms with Crippen molar-refractivity contribution in [1.82, 2.24) is 15.5 Å². The number of carbonyl (C=O) groups is 5. The van der Waals surface area contributed by atoms with E-state index in [1.807, 2.05) is 13.8 Å².